The summed E-state index contributed by atoms with van der Waals surface area (Å²) >= 11 is 12.4. The van der Waals surface area contributed by atoms with Gasteiger partial charge in [-0.1, -0.05) is 35.3 Å². The van der Waals surface area contributed by atoms with Crippen LogP contribution in [0.5, 0.6) is 5.75 Å². The largest absolute Gasteiger partial charge is 0.486 e. The van der Waals surface area contributed by atoms with E-state index in [4.69, 9.17) is 33.0 Å². The van der Waals surface area contributed by atoms with Crippen LogP contribution in [-0.2, 0) is 21.0 Å². The fraction of sp³-hybridized carbons (Fsp3) is 0.208. The van der Waals surface area contributed by atoms with E-state index in [1.165, 1.54) is 12.1 Å². The number of nitrogens with zero attached hydrogens (tertiary/aromatic N) is 1. The number of hydrogen-bond acceptors (Lipinski definition) is 4. The Labute approximate surface area is 214 Å². The van der Waals surface area contributed by atoms with E-state index in [0.717, 1.165) is 22.5 Å². The first-order valence-corrected chi connectivity index (χ1v) is 12.7. The molecule has 1 aliphatic rings. The van der Waals surface area contributed by atoms with Crippen LogP contribution in [0.3, 0.4) is 0 Å². The molecule has 1 aliphatic heterocycles. The summed E-state index contributed by atoms with van der Waals surface area (Å²) in [6.07, 6.45) is -5.87. The number of alkyl halides is 3. The molecular weight excluding hydrogens is 542 g/mol. The van der Waals surface area contributed by atoms with Crippen molar-refractivity contribution in [2.45, 2.75) is 30.0 Å². The third-order valence-corrected chi connectivity index (χ3v) is 7.90. The number of carbonyl (C=O) groups is 1. The Morgan fingerprint density at radius 2 is 1.83 bits per heavy atom. The van der Waals surface area contributed by atoms with E-state index in [-0.39, 0.29) is 30.8 Å². The zero-order valence-corrected chi connectivity index (χ0v) is 20.6. The van der Waals surface area contributed by atoms with E-state index >= 15 is 0 Å². The highest BCUT2D eigenvalue weighted by Gasteiger charge is 2.37. The quantitative estimate of drug-likeness (QED) is 0.372. The highest BCUT2D eigenvalue weighted by Crippen LogP contribution is 2.42. The van der Waals surface area contributed by atoms with Crippen molar-refractivity contribution in [3.8, 4) is 16.9 Å². The third-order valence-electron chi connectivity index (χ3n) is 5.56. The number of sulfonamides is 1. The van der Waals surface area contributed by atoms with E-state index in [2.05, 4.69) is 0 Å². The summed E-state index contributed by atoms with van der Waals surface area (Å²) in [6.45, 7) is -0.300. The van der Waals surface area contributed by atoms with Gasteiger partial charge in [0.2, 0.25) is 0 Å². The molecule has 0 fully saturated rings. The van der Waals surface area contributed by atoms with E-state index in [1.54, 1.807) is 24.3 Å². The van der Waals surface area contributed by atoms with Gasteiger partial charge in [-0.25, -0.2) is 8.42 Å². The molecule has 4 rings (SSSR count). The van der Waals surface area contributed by atoms with Gasteiger partial charge < -0.3 is 9.84 Å². The summed E-state index contributed by atoms with van der Waals surface area (Å²) in [7, 11) is -4.50. The van der Waals surface area contributed by atoms with E-state index in [9.17, 15) is 26.4 Å². The first-order chi connectivity index (χ1) is 16.9. The molecule has 1 atom stereocenters. The van der Waals surface area contributed by atoms with Gasteiger partial charge >= 0.3 is 12.1 Å². The number of fused-ring (bicyclic) bond motifs is 1. The summed E-state index contributed by atoms with van der Waals surface area (Å²) in [5.74, 6) is -0.961. The second-order valence-electron chi connectivity index (χ2n) is 8.04. The van der Waals surface area contributed by atoms with Gasteiger partial charge in [0.15, 0.2) is 0 Å². The van der Waals surface area contributed by atoms with Crippen molar-refractivity contribution < 1.29 is 36.2 Å². The molecule has 0 spiro atoms. The highest BCUT2D eigenvalue weighted by atomic mass is 35.5. The van der Waals surface area contributed by atoms with Gasteiger partial charge in [0, 0.05) is 22.0 Å². The van der Waals surface area contributed by atoms with Crippen LogP contribution in [0.4, 0.5) is 18.9 Å². The van der Waals surface area contributed by atoms with Gasteiger partial charge in [-0.2, -0.15) is 13.2 Å². The monoisotopic (exact) mass is 559 g/mol. The van der Waals surface area contributed by atoms with Crippen LogP contribution in [0, 0.1) is 0 Å². The van der Waals surface area contributed by atoms with E-state index < -0.39 is 38.7 Å². The molecule has 0 amide bonds. The van der Waals surface area contributed by atoms with Crippen molar-refractivity contribution in [3.05, 3.63) is 76.3 Å². The molecule has 0 aliphatic carbocycles. The van der Waals surface area contributed by atoms with Gasteiger partial charge in [-0.3, -0.25) is 9.10 Å². The van der Waals surface area contributed by atoms with Gasteiger partial charge in [0.25, 0.3) is 10.0 Å². The highest BCUT2D eigenvalue weighted by molar-refractivity contribution is 7.92. The fourth-order valence-electron chi connectivity index (χ4n) is 3.82. The molecule has 3 aromatic carbocycles. The molecular formula is C24H18Cl2F3NO5S. The summed E-state index contributed by atoms with van der Waals surface area (Å²) in [4.78, 5) is 10.5. The predicted octanol–water partition coefficient (Wildman–Crippen LogP) is 6.50. The normalized spacial score (nSPS) is 15.8. The van der Waals surface area contributed by atoms with Crippen molar-refractivity contribution in [1.29, 1.82) is 0 Å². The number of aliphatic carboxylic acids is 1. The topological polar surface area (TPSA) is 83.9 Å². The molecule has 190 valence electrons. The average Bonchev–Trinajstić information content (AvgIpc) is 2.83. The van der Waals surface area contributed by atoms with Crippen molar-refractivity contribution in [1.82, 2.24) is 0 Å². The lowest BCUT2D eigenvalue weighted by atomic mass is 10.0. The minimum atomic E-state index is -4.74. The molecule has 1 heterocycles. The number of ether oxygens (including phenoxy) is 1. The van der Waals surface area contributed by atoms with Crippen LogP contribution in [0.25, 0.3) is 11.1 Å². The lowest BCUT2D eigenvalue weighted by Gasteiger charge is -2.36. The maximum Gasteiger partial charge on any atom is 0.416 e. The second kappa shape index (κ2) is 9.84. The molecule has 0 radical (unpaired) electrons. The summed E-state index contributed by atoms with van der Waals surface area (Å²) in [6, 6.07) is 12.8. The molecule has 0 aromatic heterocycles. The van der Waals surface area contributed by atoms with E-state index in [0.29, 0.717) is 27.2 Å². The Kier molecular flexibility index (Phi) is 7.14. The zero-order chi connectivity index (χ0) is 26.3. The van der Waals surface area contributed by atoms with Crippen molar-refractivity contribution in [2.75, 3.05) is 10.8 Å². The van der Waals surface area contributed by atoms with Gasteiger partial charge in [-0.15, -0.1) is 0 Å². The first kappa shape index (κ1) is 26.1. The minimum Gasteiger partial charge on any atom is -0.486 e. The molecule has 0 saturated carbocycles. The molecule has 6 nitrogen and oxygen atoms in total. The Morgan fingerprint density at radius 1 is 1.08 bits per heavy atom. The molecule has 36 heavy (non-hydrogen) atoms. The lowest BCUT2D eigenvalue weighted by Crippen LogP contribution is -2.43. The maximum absolute atomic E-state index is 13.6. The number of benzene rings is 3. The smallest absolute Gasteiger partial charge is 0.416 e. The van der Waals surface area contributed by atoms with Crippen molar-refractivity contribution in [2.24, 2.45) is 0 Å². The Balaban J connectivity index is 1.83. The zero-order valence-electron chi connectivity index (χ0n) is 18.3. The Morgan fingerprint density at radius 3 is 2.53 bits per heavy atom. The van der Waals surface area contributed by atoms with E-state index in [1.807, 2.05) is 0 Å². The molecule has 0 bridgehead atoms. The average molecular weight is 560 g/mol. The SMILES string of the molecule is O=C(O)CC[C@H]1CN(S(=O)(=O)c2cccc(C(F)(F)F)c2)c2cc(-c3cc(Cl)ccc3Cl)ccc2O1. The summed E-state index contributed by atoms with van der Waals surface area (Å²) in [5.41, 5.74) is -0.0269. The molecule has 3 aromatic rings. The predicted molar refractivity (Wildman–Crippen MR) is 129 cm³/mol. The molecule has 0 saturated heterocycles. The van der Waals surface area contributed by atoms with Crippen LogP contribution >= 0.6 is 23.2 Å². The standard InChI is InChI=1S/C24H18Cl2F3NO5S/c25-16-5-7-20(26)19(12-16)14-4-8-22-21(10-14)30(13-17(35-22)6-9-23(31)32)36(33,34)18-3-1-2-15(11-18)24(27,28)29/h1-5,7-8,10-12,17H,6,9,13H2,(H,31,32)/t17-/m0/s1. The van der Waals surface area contributed by atoms with Crippen LogP contribution in [0.2, 0.25) is 10.0 Å². The minimum absolute atomic E-state index is 0.00867. The van der Waals surface area contributed by atoms with Crippen LogP contribution in [-0.4, -0.2) is 32.1 Å². The van der Waals surface area contributed by atoms with Crippen molar-refractivity contribution in [3.63, 3.8) is 0 Å². The number of rotatable bonds is 6. The fourth-order valence-corrected chi connectivity index (χ4v) is 5.76. The molecule has 12 heteroatoms. The van der Waals surface area contributed by atoms with Crippen molar-refractivity contribution >= 4 is 44.9 Å². The summed E-state index contributed by atoms with van der Waals surface area (Å²) in [5, 5.41) is 9.79. The maximum atomic E-state index is 13.6. The first-order valence-electron chi connectivity index (χ1n) is 10.5. The molecule has 0 unspecified atom stereocenters. The van der Waals surface area contributed by atoms with Crippen LogP contribution in [0.15, 0.2) is 65.6 Å². The van der Waals surface area contributed by atoms with Gasteiger partial charge in [0.05, 0.1) is 22.7 Å². The Bertz CT molecular complexity index is 1430. The third kappa shape index (κ3) is 5.40. The van der Waals surface area contributed by atoms with Crippen LogP contribution in [0.1, 0.15) is 18.4 Å². The van der Waals surface area contributed by atoms with Gasteiger partial charge in [-0.05, 0) is 60.5 Å². The number of anilines is 1. The van der Waals surface area contributed by atoms with Crippen LogP contribution < -0.4 is 9.04 Å². The Hall–Kier alpha value is -2.95. The number of carboxylic acids is 1. The molecule has 1 N–H and O–H groups in total. The van der Waals surface area contributed by atoms with Gasteiger partial charge in [0.1, 0.15) is 11.9 Å². The number of hydrogen-bond donors (Lipinski definition) is 1. The number of halogens is 5. The second-order valence-corrected chi connectivity index (χ2v) is 10.7. The summed E-state index contributed by atoms with van der Waals surface area (Å²) < 4.78 is 73.9. The number of carboxylic acid groups (broad SMARTS) is 1. The lowest BCUT2D eigenvalue weighted by molar-refractivity contribution is -0.138.